The Balaban J connectivity index is 2.06. The molecule has 1 unspecified atom stereocenters. The third-order valence-electron chi connectivity index (χ3n) is 3.40. The number of nitrogens with zero attached hydrogens (tertiary/aromatic N) is 1. The average molecular weight is 289 g/mol. The van der Waals surface area contributed by atoms with Crippen molar-refractivity contribution in [2.45, 2.75) is 19.4 Å². The molecule has 0 spiro atoms. The molecule has 0 aliphatic rings. The van der Waals surface area contributed by atoms with Gasteiger partial charge in [0.1, 0.15) is 0 Å². The summed E-state index contributed by atoms with van der Waals surface area (Å²) in [6.07, 6.45) is 2.49. The zero-order valence-corrected chi connectivity index (χ0v) is 12.1. The average Bonchev–Trinajstić information content (AvgIpc) is 2.85. The van der Waals surface area contributed by atoms with E-state index in [2.05, 4.69) is 10.6 Å². The lowest BCUT2D eigenvalue weighted by Crippen LogP contribution is -2.43. The van der Waals surface area contributed by atoms with Crippen molar-refractivity contribution in [1.82, 2.24) is 9.88 Å². The highest BCUT2D eigenvalue weighted by atomic mass is 16.3. The van der Waals surface area contributed by atoms with Crippen LogP contribution in [0.2, 0.25) is 0 Å². The molecule has 1 atom stereocenters. The van der Waals surface area contributed by atoms with Crippen LogP contribution >= 0.6 is 0 Å². The van der Waals surface area contributed by atoms with Crippen LogP contribution in [0.3, 0.4) is 0 Å². The van der Waals surface area contributed by atoms with Gasteiger partial charge in [-0.15, -0.1) is 0 Å². The van der Waals surface area contributed by atoms with E-state index in [-0.39, 0.29) is 6.61 Å². The smallest absolute Gasteiger partial charge is 0.313 e. The molecule has 0 saturated carbocycles. The summed E-state index contributed by atoms with van der Waals surface area (Å²) in [6.45, 7) is 1.63. The summed E-state index contributed by atoms with van der Waals surface area (Å²) < 4.78 is 1.93. The predicted molar refractivity (Wildman–Crippen MR) is 80.9 cm³/mol. The summed E-state index contributed by atoms with van der Waals surface area (Å²) in [5, 5.41) is 15.1. The van der Waals surface area contributed by atoms with E-state index in [1.54, 1.807) is 6.07 Å². The standard InChI is InChI=1S/C15H19N3O3/c1-3-11(9-19)16-14(20)15(21)17-12-5-4-10-6-7-18(2)13(10)8-12/h4-8,11,19H,3,9H2,1-2H3,(H,16,20)(H,17,21). The van der Waals surface area contributed by atoms with Crippen molar-refractivity contribution < 1.29 is 14.7 Å². The number of fused-ring (bicyclic) bond motifs is 1. The number of carbonyl (C=O) groups excluding carboxylic acids is 2. The number of aliphatic hydroxyl groups excluding tert-OH is 1. The highest BCUT2D eigenvalue weighted by molar-refractivity contribution is 6.39. The Morgan fingerprint density at radius 2 is 2.05 bits per heavy atom. The zero-order chi connectivity index (χ0) is 15.4. The number of aryl methyl sites for hydroxylation is 1. The quantitative estimate of drug-likeness (QED) is 0.734. The molecule has 0 radical (unpaired) electrons. The minimum absolute atomic E-state index is 0.190. The summed E-state index contributed by atoms with van der Waals surface area (Å²) in [5.74, 6) is -1.49. The van der Waals surface area contributed by atoms with Crippen LogP contribution in [0.1, 0.15) is 13.3 Å². The molecule has 6 nitrogen and oxygen atoms in total. The van der Waals surface area contributed by atoms with Gasteiger partial charge in [0.2, 0.25) is 0 Å². The molecule has 2 aromatic rings. The first-order valence-corrected chi connectivity index (χ1v) is 6.83. The van der Waals surface area contributed by atoms with E-state index in [1.165, 1.54) is 0 Å². The van der Waals surface area contributed by atoms with Crippen LogP contribution in [0.25, 0.3) is 10.9 Å². The number of amides is 2. The Morgan fingerprint density at radius 3 is 2.71 bits per heavy atom. The fourth-order valence-corrected chi connectivity index (χ4v) is 2.06. The lowest BCUT2D eigenvalue weighted by molar-refractivity contribution is -0.136. The maximum atomic E-state index is 11.8. The number of carbonyl (C=O) groups is 2. The first-order valence-electron chi connectivity index (χ1n) is 6.83. The van der Waals surface area contributed by atoms with Gasteiger partial charge in [0, 0.05) is 24.4 Å². The number of anilines is 1. The molecule has 0 bridgehead atoms. The molecule has 1 aromatic carbocycles. The number of hydrogen-bond donors (Lipinski definition) is 3. The van der Waals surface area contributed by atoms with E-state index in [4.69, 9.17) is 5.11 Å². The number of benzene rings is 1. The number of rotatable bonds is 4. The van der Waals surface area contributed by atoms with Gasteiger partial charge in [-0.3, -0.25) is 9.59 Å². The van der Waals surface area contributed by atoms with Crippen molar-refractivity contribution in [3.8, 4) is 0 Å². The van der Waals surface area contributed by atoms with E-state index in [0.717, 1.165) is 10.9 Å². The predicted octanol–water partition coefficient (Wildman–Crippen LogP) is 1.00. The zero-order valence-electron chi connectivity index (χ0n) is 12.1. The van der Waals surface area contributed by atoms with Crippen molar-refractivity contribution in [1.29, 1.82) is 0 Å². The van der Waals surface area contributed by atoms with Crippen LogP contribution in [-0.2, 0) is 16.6 Å². The summed E-state index contributed by atoms with van der Waals surface area (Å²) in [5.41, 5.74) is 1.52. The van der Waals surface area contributed by atoms with E-state index in [1.807, 2.05) is 42.9 Å². The highest BCUT2D eigenvalue weighted by Gasteiger charge is 2.17. The van der Waals surface area contributed by atoms with Gasteiger partial charge in [-0.1, -0.05) is 13.0 Å². The van der Waals surface area contributed by atoms with Gasteiger partial charge < -0.3 is 20.3 Å². The lowest BCUT2D eigenvalue weighted by Gasteiger charge is -2.13. The summed E-state index contributed by atoms with van der Waals surface area (Å²) in [7, 11) is 1.91. The largest absolute Gasteiger partial charge is 0.394 e. The van der Waals surface area contributed by atoms with Crippen molar-refractivity contribution in [2.24, 2.45) is 7.05 Å². The number of aromatic nitrogens is 1. The van der Waals surface area contributed by atoms with E-state index in [0.29, 0.717) is 12.1 Å². The Morgan fingerprint density at radius 1 is 1.29 bits per heavy atom. The molecular formula is C15H19N3O3. The van der Waals surface area contributed by atoms with Crippen LogP contribution in [0, 0.1) is 0 Å². The maximum Gasteiger partial charge on any atom is 0.313 e. The summed E-state index contributed by atoms with van der Waals surface area (Å²) >= 11 is 0. The Hall–Kier alpha value is -2.34. The van der Waals surface area contributed by atoms with Crippen LogP contribution in [0.4, 0.5) is 5.69 Å². The molecule has 2 rings (SSSR count). The van der Waals surface area contributed by atoms with Crippen molar-refractivity contribution in [2.75, 3.05) is 11.9 Å². The third-order valence-corrected chi connectivity index (χ3v) is 3.40. The highest BCUT2D eigenvalue weighted by Crippen LogP contribution is 2.19. The molecule has 1 aromatic heterocycles. The third kappa shape index (κ3) is 3.41. The molecule has 0 fully saturated rings. The van der Waals surface area contributed by atoms with Gasteiger partial charge in [0.15, 0.2) is 0 Å². The van der Waals surface area contributed by atoms with E-state index < -0.39 is 17.9 Å². The number of hydrogen-bond acceptors (Lipinski definition) is 3. The second kappa shape index (κ2) is 6.41. The first kappa shape index (κ1) is 15.1. The molecular weight excluding hydrogens is 270 g/mol. The SMILES string of the molecule is CCC(CO)NC(=O)C(=O)Nc1ccc2ccn(C)c2c1. The number of nitrogens with one attached hydrogen (secondary N) is 2. The molecule has 0 saturated heterocycles. The molecule has 21 heavy (non-hydrogen) atoms. The van der Waals surface area contributed by atoms with Crippen LogP contribution in [0.5, 0.6) is 0 Å². The summed E-state index contributed by atoms with van der Waals surface area (Å²) in [6, 6.07) is 7.01. The Kier molecular flexibility index (Phi) is 4.59. The minimum atomic E-state index is -0.747. The van der Waals surface area contributed by atoms with Crippen molar-refractivity contribution in [3.05, 3.63) is 30.5 Å². The molecule has 0 aliphatic heterocycles. The molecule has 112 valence electrons. The van der Waals surface area contributed by atoms with E-state index >= 15 is 0 Å². The van der Waals surface area contributed by atoms with Gasteiger partial charge >= 0.3 is 11.8 Å². The fourth-order valence-electron chi connectivity index (χ4n) is 2.06. The molecule has 6 heteroatoms. The van der Waals surface area contributed by atoms with Gasteiger partial charge in [-0.25, -0.2) is 0 Å². The maximum absolute atomic E-state index is 11.8. The lowest BCUT2D eigenvalue weighted by atomic mass is 10.2. The van der Waals surface area contributed by atoms with Crippen molar-refractivity contribution in [3.63, 3.8) is 0 Å². The second-order valence-electron chi connectivity index (χ2n) is 4.92. The van der Waals surface area contributed by atoms with E-state index in [9.17, 15) is 9.59 Å². The minimum Gasteiger partial charge on any atom is -0.394 e. The fraction of sp³-hybridized carbons (Fsp3) is 0.333. The second-order valence-corrected chi connectivity index (χ2v) is 4.92. The van der Waals surface area contributed by atoms with Crippen LogP contribution < -0.4 is 10.6 Å². The Labute approximate surface area is 122 Å². The molecule has 1 heterocycles. The van der Waals surface area contributed by atoms with Gasteiger partial charge in [0.25, 0.3) is 0 Å². The molecule has 2 amide bonds. The number of aliphatic hydroxyl groups is 1. The summed E-state index contributed by atoms with van der Waals surface area (Å²) in [4.78, 5) is 23.5. The molecule has 0 aliphatic carbocycles. The van der Waals surface area contributed by atoms with Crippen LogP contribution in [0.15, 0.2) is 30.5 Å². The van der Waals surface area contributed by atoms with Gasteiger partial charge in [-0.05, 0) is 30.0 Å². The van der Waals surface area contributed by atoms with Crippen molar-refractivity contribution >= 4 is 28.4 Å². The van der Waals surface area contributed by atoms with Gasteiger partial charge in [0.05, 0.1) is 12.6 Å². The van der Waals surface area contributed by atoms with Gasteiger partial charge in [-0.2, -0.15) is 0 Å². The first-order chi connectivity index (χ1) is 10.0. The monoisotopic (exact) mass is 289 g/mol. The normalized spacial score (nSPS) is 12.1. The topological polar surface area (TPSA) is 83.4 Å². The molecule has 3 N–H and O–H groups in total. The Bertz CT molecular complexity index is 659. The van der Waals surface area contributed by atoms with Crippen LogP contribution in [-0.4, -0.2) is 34.1 Å².